The van der Waals surface area contributed by atoms with Crippen LogP contribution in [0.4, 0.5) is 38.4 Å². The van der Waals surface area contributed by atoms with Gasteiger partial charge in [-0.2, -0.15) is 0 Å². The molecule has 97 heavy (non-hydrogen) atoms. The van der Waals surface area contributed by atoms with Gasteiger partial charge in [-0.1, -0.05) is 0 Å². The van der Waals surface area contributed by atoms with E-state index in [9.17, 15) is 38.4 Å². The largest absolute Gasteiger partial charge is 0.338 e. The summed E-state index contributed by atoms with van der Waals surface area (Å²) in [6.45, 7) is 0. The van der Waals surface area contributed by atoms with Crippen molar-refractivity contribution in [3.05, 3.63) is 300 Å². The van der Waals surface area contributed by atoms with Gasteiger partial charge in [0.15, 0.2) is 0 Å². The molecule has 0 aliphatic rings. The van der Waals surface area contributed by atoms with Gasteiger partial charge in [-0.15, -0.1) is 0 Å². The van der Waals surface area contributed by atoms with Gasteiger partial charge in [0, 0.05) is 215 Å². The zero-order valence-corrected chi connectivity index (χ0v) is 50.7. The van der Waals surface area contributed by atoms with E-state index in [4.69, 9.17) is 0 Å². The van der Waals surface area contributed by atoms with E-state index in [1.165, 1.54) is 174 Å². The van der Waals surface area contributed by atoms with E-state index in [0.717, 1.165) is 0 Å². The molecular weight excluding hydrogens is 1310 g/mol. The van der Waals surface area contributed by atoms with Gasteiger partial charge < -0.3 is 0 Å². The molecule has 40 nitrogen and oxygen atoms in total. The first kappa shape index (κ1) is 68.1. The Morgan fingerprint density at radius 2 is 0.196 bits per heavy atom. The van der Waals surface area contributed by atoms with Crippen LogP contribution >= 0.6 is 0 Å². The average molecular weight is 1360 g/mol. The molecule has 0 unspecified atom stereocenters. The number of hydrogen-bond acceptors (Lipinski definition) is 24. The van der Waals surface area contributed by atoms with Crippen molar-refractivity contribution in [2.45, 2.75) is 0 Å². The van der Waals surface area contributed by atoms with Gasteiger partial charge >= 0.3 is 48.2 Å². The Balaban J connectivity index is 0.000000141. The second kappa shape index (κ2) is 35.6. The molecule has 41 heteroatoms. The van der Waals surface area contributed by atoms with Crippen molar-refractivity contribution >= 4 is 48.2 Å². The molecule has 0 atom stereocenters. The van der Waals surface area contributed by atoms with E-state index in [-0.39, 0.29) is 65.0 Å². The molecule has 0 amide bonds. The summed E-state index contributed by atoms with van der Waals surface area (Å²) in [6, 6.07) is -1.52. The second-order valence-corrected chi connectivity index (χ2v) is 17.8. The molecule has 1 radical (unpaired) electrons. The van der Waals surface area contributed by atoms with E-state index < -0.39 is 0 Å². The van der Waals surface area contributed by atoms with E-state index in [1.54, 1.807) is 198 Å². The molecule has 16 aromatic heterocycles. The molecule has 0 saturated heterocycles. The zero-order valence-electron chi connectivity index (χ0n) is 49.6. The Morgan fingerprint density at radius 1 is 0.134 bits per heavy atom. The molecule has 0 fully saturated rings. The van der Waals surface area contributed by atoms with Gasteiger partial charge in [-0.05, 0) is 0 Å². The van der Waals surface area contributed by atoms with Crippen molar-refractivity contribution in [3.63, 3.8) is 0 Å². The van der Waals surface area contributed by atoms with Crippen LogP contribution in [-0.4, -0.2) is 201 Å². The third-order valence-corrected chi connectivity index (χ3v) is 11.6. The molecule has 489 valence electrons. The van der Waals surface area contributed by atoms with Crippen molar-refractivity contribution in [1.29, 1.82) is 0 Å². The van der Waals surface area contributed by atoms with Gasteiger partial charge in [0.2, 0.25) is 0 Å². The maximum atomic E-state index is 11.4. The van der Waals surface area contributed by atoms with Crippen molar-refractivity contribution < 1.29 is 55.1 Å². The third-order valence-electron chi connectivity index (χ3n) is 11.6. The summed E-state index contributed by atoms with van der Waals surface area (Å²) in [6.07, 6.45) is 73.3. The molecule has 0 aromatic carbocycles. The number of imidazole rings is 16. The van der Waals surface area contributed by atoms with Crippen LogP contribution in [0.1, 0.15) is 0 Å². The molecule has 0 spiro atoms. The number of rotatable bonds is 0. The van der Waals surface area contributed by atoms with E-state index in [0.29, 0.717) is 0 Å². The number of nitrogens with zero attached hydrogens (tertiary/aromatic N) is 32. The minimum absolute atomic E-state index is 0. The first-order valence-corrected chi connectivity index (χ1v) is 27.1. The Kier molecular flexibility index (Phi) is 25.0. The van der Waals surface area contributed by atoms with Gasteiger partial charge in [0.25, 0.3) is 0 Å². The molecule has 0 aliphatic heterocycles. The standard InChI is InChI=1S/8C7H6N4O.Co/c8*12-7(10-3-1-8-5-10)11-4-2-9-6-11;/h8*1-6H;. The van der Waals surface area contributed by atoms with Crippen LogP contribution in [0, 0.1) is 0 Å². The molecule has 0 bridgehead atoms. The number of carbonyl (C=O) groups is 8. The summed E-state index contributed by atoms with van der Waals surface area (Å²) in [5.41, 5.74) is 0. The summed E-state index contributed by atoms with van der Waals surface area (Å²) >= 11 is 0. The number of carbonyl (C=O) groups excluding carboxylic acids is 8. The summed E-state index contributed by atoms with van der Waals surface area (Å²) < 4.78 is 22.0. The Hall–Kier alpha value is -14.8. The summed E-state index contributed by atoms with van der Waals surface area (Å²) in [5, 5.41) is 0. The second-order valence-electron chi connectivity index (χ2n) is 17.8. The molecule has 0 N–H and O–H groups in total. The van der Waals surface area contributed by atoms with Crippen LogP contribution < -0.4 is 0 Å². The van der Waals surface area contributed by atoms with Crippen LogP contribution in [0.5, 0.6) is 0 Å². The van der Waals surface area contributed by atoms with Gasteiger partial charge in [0.05, 0.1) is 0 Å². The van der Waals surface area contributed by atoms with Crippen LogP contribution in [0.25, 0.3) is 0 Å². The fourth-order valence-corrected chi connectivity index (χ4v) is 7.02. The first-order valence-electron chi connectivity index (χ1n) is 27.1. The van der Waals surface area contributed by atoms with Crippen LogP contribution in [0.3, 0.4) is 0 Å². The Labute approximate surface area is 553 Å². The minimum atomic E-state index is -0.190. The maximum Gasteiger partial charge on any atom is 0.338 e. The van der Waals surface area contributed by atoms with Crippen molar-refractivity contribution in [2.75, 3.05) is 0 Å². The monoisotopic (exact) mass is 1360 g/mol. The van der Waals surface area contributed by atoms with Crippen molar-refractivity contribution in [1.82, 2.24) is 153 Å². The zero-order chi connectivity index (χ0) is 67.1. The van der Waals surface area contributed by atoms with Crippen LogP contribution in [-0.2, 0) is 16.8 Å². The summed E-state index contributed by atoms with van der Waals surface area (Å²) in [4.78, 5) is 151. The van der Waals surface area contributed by atoms with Crippen LogP contribution in [0.2, 0.25) is 0 Å². The predicted molar refractivity (Wildman–Crippen MR) is 325 cm³/mol. The normalized spacial score (nSPS) is 9.90. The Morgan fingerprint density at radius 3 is 0.237 bits per heavy atom. The van der Waals surface area contributed by atoms with E-state index >= 15 is 0 Å². The molecular formula is C56H48CoN32O8. The molecule has 16 heterocycles. The quantitative estimate of drug-likeness (QED) is 0.197. The molecule has 0 saturated carbocycles. The van der Waals surface area contributed by atoms with Crippen molar-refractivity contribution in [2.24, 2.45) is 0 Å². The van der Waals surface area contributed by atoms with Crippen LogP contribution in [0.15, 0.2) is 300 Å². The molecule has 16 aromatic rings. The smallest absolute Gasteiger partial charge is 0.257 e. The van der Waals surface area contributed by atoms with Gasteiger partial charge in [-0.25, -0.2) is 118 Å². The average Bonchev–Trinajstić information content (AvgIpc) is 2.60. The predicted octanol–water partition coefficient (Wildman–Crippen LogP) is 4.77. The Bertz CT molecular complexity index is 3530. The number of aromatic nitrogens is 32. The minimum Gasteiger partial charge on any atom is -0.257 e. The van der Waals surface area contributed by atoms with Gasteiger partial charge in [0.1, 0.15) is 101 Å². The van der Waals surface area contributed by atoms with Crippen molar-refractivity contribution in [3.8, 4) is 0 Å². The van der Waals surface area contributed by atoms with Gasteiger partial charge in [-0.3, -0.25) is 73.1 Å². The first-order chi connectivity index (χ1) is 47.0. The van der Waals surface area contributed by atoms with E-state index in [2.05, 4.69) is 79.7 Å². The maximum absolute atomic E-state index is 11.4. The summed E-state index contributed by atoms with van der Waals surface area (Å²) in [7, 11) is 0. The molecule has 16 rings (SSSR count). The fourth-order valence-electron chi connectivity index (χ4n) is 7.02. The third kappa shape index (κ3) is 19.6. The number of hydrogen-bond donors (Lipinski definition) is 0. The van der Waals surface area contributed by atoms with E-state index in [1.807, 2.05) is 0 Å². The topological polar surface area (TPSA) is 422 Å². The fraction of sp³-hybridized carbons (Fsp3) is 0. The molecule has 0 aliphatic carbocycles. The SMILES string of the molecule is O=C(n1ccnc1)n1ccnc1.O=C(n1ccnc1)n1ccnc1.O=C(n1ccnc1)n1ccnc1.O=C(n1ccnc1)n1ccnc1.O=C(n1ccnc1)n1ccnc1.O=C(n1ccnc1)n1ccnc1.O=C(n1ccnc1)n1ccnc1.O=C(n1ccnc1)n1ccnc1.[Co]. The summed E-state index contributed by atoms with van der Waals surface area (Å²) in [5.74, 6) is 0.